The first-order valence-corrected chi connectivity index (χ1v) is 19.1. The quantitative estimate of drug-likeness (QED) is 0.0162. The number of hydroxylamine groups is 1. The fourth-order valence-electron chi connectivity index (χ4n) is 6.69. The van der Waals surface area contributed by atoms with Gasteiger partial charge in [-0.05, 0) is 41.3 Å². The highest BCUT2D eigenvalue weighted by molar-refractivity contribution is 6.22. The molecule has 0 bridgehead atoms. The molecule has 13 N–H and O–H groups in total. The lowest BCUT2D eigenvalue weighted by atomic mass is 9.93. The number of fused-ring (bicyclic) bond motifs is 1. The second-order valence-electron chi connectivity index (χ2n) is 14.7. The maximum atomic E-state index is 14.6. The molecular formula is C41H48N6O18. The number of carboxylic acids is 4. The molecule has 350 valence electrons. The summed E-state index contributed by atoms with van der Waals surface area (Å²) in [6.07, 6.45) is -3.40. The number of carbonyl (C=O) groups excluding carboxylic acids is 4. The van der Waals surface area contributed by atoms with Crippen molar-refractivity contribution in [1.29, 1.82) is 0 Å². The molecule has 1 heterocycles. The molecular weight excluding hydrogens is 864 g/mol. The third-order valence-corrected chi connectivity index (χ3v) is 10.7. The zero-order valence-electron chi connectivity index (χ0n) is 35.3. The first-order valence-electron chi connectivity index (χ1n) is 19.1. The first-order chi connectivity index (χ1) is 30.5. The minimum absolute atomic E-state index is 0.00880. The summed E-state index contributed by atoms with van der Waals surface area (Å²) in [5, 5.41) is 39.3. The molecule has 1 aliphatic heterocycles. The van der Waals surface area contributed by atoms with Gasteiger partial charge in [0, 0.05) is 53.3 Å². The van der Waals surface area contributed by atoms with Gasteiger partial charge in [0.15, 0.2) is 0 Å². The molecule has 2 amide bonds. The summed E-state index contributed by atoms with van der Waals surface area (Å²) < 4.78 is 25.8. The number of carboxylic acid groups (broad SMARTS) is 4. The summed E-state index contributed by atoms with van der Waals surface area (Å²) in [5.74, 6) is -11.7. The Morgan fingerprint density at radius 1 is 0.615 bits per heavy atom. The predicted octanol–water partition coefficient (Wildman–Crippen LogP) is -1.52. The monoisotopic (exact) mass is 912 g/mol. The second-order valence-corrected chi connectivity index (χ2v) is 14.7. The van der Waals surface area contributed by atoms with Crippen LogP contribution in [0, 0.1) is 0 Å². The van der Waals surface area contributed by atoms with E-state index in [1.165, 1.54) is 54.6 Å². The maximum Gasteiger partial charge on any atom is 0.354 e. The molecule has 65 heavy (non-hydrogen) atoms. The van der Waals surface area contributed by atoms with Gasteiger partial charge in [0.2, 0.25) is 17.2 Å². The van der Waals surface area contributed by atoms with Gasteiger partial charge < -0.3 is 54.7 Å². The van der Waals surface area contributed by atoms with Crippen molar-refractivity contribution in [3.63, 3.8) is 0 Å². The summed E-state index contributed by atoms with van der Waals surface area (Å²) in [6.45, 7) is 0. The van der Waals surface area contributed by atoms with E-state index in [0.717, 1.165) is 28.4 Å². The molecule has 0 saturated heterocycles. The summed E-state index contributed by atoms with van der Waals surface area (Å²) >= 11 is 0. The lowest BCUT2D eigenvalue weighted by Gasteiger charge is -2.34. The maximum absolute atomic E-state index is 14.6. The van der Waals surface area contributed by atoms with Gasteiger partial charge in [0.1, 0.15) is 17.8 Å². The molecule has 0 fully saturated rings. The van der Waals surface area contributed by atoms with Crippen molar-refractivity contribution < 1.29 is 87.3 Å². The van der Waals surface area contributed by atoms with Crippen LogP contribution >= 0.6 is 0 Å². The highest BCUT2D eigenvalue weighted by Crippen LogP contribution is 2.32. The lowest BCUT2D eigenvalue weighted by molar-refractivity contribution is -0.213. The Hall–Kier alpha value is -6.74. The van der Waals surface area contributed by atoms with E-state index in [2.05, 4.69) is 0 Å². The van der Waals surface area contributed by atoms with Gasteiger partial charge in [0.05, 0.1) is 17.5 Å². The van der Waals surface area contributed by atoms with Gasteiger partial charge in [-0.25, -0.2) is 28.8 Å². The molecule has 4 rings (SSSR count). The number of amides is 2. The number of carbonyl (C=O) groups is 8. The number of hydrogen-bond acceptors (Lipinski definition) is 19. The number of ether oxygens (including phenoxy) is 5. The SMILES string of the molecule is COC(N)(Cc1ccccc1CC(C(=O)Oc1cccc(CC(N)C(=O)ONC(CC(N)(OC)C(=O)O)(OC)C(=O)O)c1CC(N)(OC)C(=O)O)N1C(=O)c2ccccc2C1=O)C(=O)O. The number of nitrogens with two attached hydrogens (primary N) is 4. The van der Waals surface area contributed by atoms with Crippen LogP contribution in [0.2, 0.25) is 0 Å². The zero-order valence-corrected chi connectivity index (χ0v) is 35.3. The van der Waals surface area contributed by atoms with E-state index in [9.17, 15) is 58.8 Å². The Morgan fingerprint density at radius 2 is 1.11 bits per heavy atom. The standard InChI is InChI=1S/C41H48N6O18/c1-60-38(43,34(52)53)18-23-11-6-5-10-21(23)17-28(47-30(48)24-13-7-8-14-25(24)31(47)49)33(51)64-29-15-9-12-22(26(29)19-39(44,61-2)35(54)55)16-27(42)32(50)65-46-41(63-4,37(58)59)20-40(45,62-3)36(56)57/h5-15,27-28,46H,16-20,42-45H2,1-4H3,(H,52,53)(H,54,55)(H,56,57)(H,58,59). The number of nitrogens with zero attached hydrogens (tertiary/aromatic N) is 1. The molecule has 3 aromatic carbocycles. The summed E-state index contributed by atoms with van der Waals surface area (Å²) in [4.78, 5) is 110. The number of imide groups is 1. The molecule has 0 aromatic heterocycles. The average Bonchev–Trinajstić information content (AvgIpc) is 3.52. The highest BCUT2D eigenvalue weighted by Gasteiger charge is 2.51. The van der Waals surface area contributed by atoms with E-state index in [4.69, 9.17) is 51.5 Å². The van der Waals surface area contributed by atoms with E-state index in [1.807, 2.05) is 5.48 Å². The summed E-state index contributed by atoms with van der Waals surface area (Å²) in [7, 11) is 3.78. The molecule has 6 atom stereocenters. The molecule has 3 aromatic rings. The van der Waals surface area contributed by atoms with E-state index in [0.29, 0.717) is 4.90 Å². The molecule has 6 unspecified atom stereocenters. The fourth-order valence-corrected chi connectivity index (χ4v) is 6.69. The van der Waals surface area contributed by atoms with Gasteiger partial charge in [-0.1, -0.05) is 48.5 Å². The normalized spacial score (nSPS) is 17.0. The molecule has 24 heteroatoms. The number of hydrogen-bond donors (Lipinski definition) is 9. The second kappa shape index (κ2) is 20.4. The van der Waals surface area contributed by atoms with Crippen LogP contribution in [0.4, 0.5) is 0 Å². The first kappa shape index (κ1) is 50.9. The number of aliphatic carboxylic acids is 4. The van der Waals surface area contributed by atoms with Crippen LogP contribution in [0.3, 0.4) is 0 Å². The number of benzene rings is 3. The van der Waals surface area contributed by atoms with Crippen LogP contribution in [0.15, 0.2) is 66.7 Å². The molecule has 0 aliphatic carbocycles. The number of nitrogens with one attached hydrogen (secondary N) is 1. The summed E-state index contributed by atoms with van der Waals surface area (Å²) in [6, 6.07) is 12.2. The lowest BCUT2D eigenvalue weighted by Crippen LogP contribution is -2.64. The van der Waals surface area contributed by atoms with Gasteiger partial charge in [0.25, 0.3) is 17.5 Å². The van der Waals surface area contributed by atoms with Crippen molar-refractivity contribution in [1.82, 2.24) is 10.4 Å². The number of esters is 1. The Bertz CT molecular complexity index is 2330. The van der Waals surface area contributed by atoms with Gasteiger partial charge in [-0.3, -0.25) is 31.7 Å². The largest absolute Gasteiger partial charge is 0.478 e. The van der Waals surface area contributed by atoms with Crippen molar-refractivity contribution in [3.05, 3.63) is 100 Å². The fraction of sp³-hybridized carbons (Fsp3) is 0.366. The average molecular weight is 913 g/mol. The van der Waals surface area contributed by atoms with Gasteiger partial charge in [-0.2, -0.15) is 0 Å². The number of methoxy groups -OCH3 is 4. The van der Waals surface area contributed by atoms with E-state index >= 15 is 0 Å². The van der Waals surface area contributed by atoms with Crippen molar-refractivity contribution in [2.75, 3.05) is 28.4 Å². The Morgan fingerprint density at radius 3 is 1.60 bits per heavy atom. The van der Waals surface area contributed by atoms with Crippen molar-refractivity contribution in [3.8, 4) is 5.75 Å². The van der Waals surface area contributed by atoms with Crippen LogP contribution in [-0.4, -0.2) is 136 Å². The zero-order chi connectivity index (χ0) is 48.7. The Labute approximate surface area is 369 Å². The third kappa shape index (κ3) is 10.8. The van der Waals surface area contributed by atoms with Gasteiger partial charge >= 0.3 is 35.8 Å². The van der Waals surface area contributed by atoms with Crippen LogP contribution in [-0.2, 0) is 78.2 Å². The predicted molar refractivity (Wildman–Crippen MR) is 218 cm³/mol. The molecule has 0 radical (unpaired) electrons. The minimum atomic E-state index is -2.80. The van der Waals surface area contributed by atoms with Gasteiger partial charge in [-0.15, -0.1) is 5.48 Å². The topological polar surface area (TPSA) is 392 Å². The molecule has 1 aliphatic rings. The van der Waals surface area contributed by atoms with Crippen LogP contribution < -0.4 is 33.2 Å². The van der Waals surface area contributed by atoms with E-state index < -0.39 is 120 Å². The molecule has 0 spiro atoms. The van der Waals surface area contributed by atoms with Crippen LogP contribution in [0.5, 0.6) is 5.75 Å². The van der Waals surface area contributed by atoms with E-state index in [-0.39, 0.29) is 33.4 Å². The Balaban J connectivity index is 1.77. The minimum Gasteiger partial charge on any atom is -0.478 e. The van der Waals surface area contributed by atoms with Crippen molar-refractivity contribution >= 4 is 47.6 Å². The van der Waals surface area contributed by atoms with Crippen molar-refractivity contribution in [2.45, 2.75) is 67.1 Å². The molecule has 24 nitrogen and oxygen atoms in total. The van der Waals surface area contributed by atoms with E-state index in [1.54, 1.807) is 12.1 Å². The molecule has 0 saturated carbocycles. The van der Waals surface area contributed by atoms with Crippen LogP contribution in [0.1, 0.15) is 49.4 Å². The third-order valence-electron chi connectivity index (χ3n) is 10.7. The number of rotatable bonds is 24. The smallest absolute Gasteiger partial charge is 0.354 e. The summed E-state index contributed by atoms with van der Waals surface area (Å²) in [5.41, 5.74) is 15.9. The Kier molecular flexibility index (Phi) is 16.0. The van der Waals surface area contributed by atoms with Crippen molar-refractivity contribution in [2.24, 2.45) is 22.9 Å². The van der Waals surface area contributed by atoms with Crippen LogP contribution in [0.25, 0.3) is 0 Å². The highest BCUT2D eigenvalue weighted by atomic mass is 16.7.